The highest BCUT2D eigenvalue weighted by molar-refractivity contribution is 5.99. The van der Waals surface area contributed by atoms with Crippen LogP contribution in [0.1, 0.15) is 10.4 Å². The first kappa shape index (κ1) is 12.2. The van der Waals surface area contributed by atoms with Crippen molar-refractivity contribution in [1.82, 2.24) is 0 Å². The average Bonchev–Trinajstić information content (AvgIpc) is 2.26. The Hall–Kier alpha value is -1.91. The highest BCUT2D eigenvalue weighted by Crippen LogP contribution is 2.34. The smallest absolute Gasteiger partial charge is 0.250 e. The zero-order valence-corrected chi connectivity index (χ0v) is 9.90. The Labute approximate surface area is 94.7 Å². The van der Waals surface area contributed by atoms with E-state index in [0.29, 0.717) is 22.7 Å². The van der Waals surface area contributed by atoms with Gasteiger partial charge in [0.1, 0.15) is 0 Å². The molecule has 0 aromatic heterocycles. The van der Waals surface area contributed by atoms with Crippen molar-refractivity contribution >= 4 is 11.6 Å². The first-order valence-corrected chi connectivity index (χ1v) is 4.74. The van der Waals surface area contributed by atoms with Gasteiger partial charge in [0.05, 0.1) is 25.5 Å². The van der Waals surface area contributed by atoms with E-state index >= 15 is 0 Å². The number of methoxy groups -OCH3 is 2. The Morgan fingerprint density at radius 1 is 1.19 bits per heavy atom. The zero-order chi connectivity index (χ0) is 12.3. The molecule has 88 valence electrons. The predicted molar refractivity (Wildman–Crippen MR) is 62.4 cm³/mol. The maximum Gasteiger partial charge on any atom is 0.250 e. The van der Waals surface area contributed by atoms with Gasteiger partial charge in [0.2, 0.25) is 0 Å². The molecule has 0 bridgehead atoms. The van der Waals surface area contributed by atoms with Gasteiger partial charge in [0.25, 0.3) is 5.91 Å². The summed E-state index contributed by atoms with van der Waals surface area (Å²) < 4.78 is 10.3. The van der Waals surface area contributed by atoms with Crippen molar-refractivity contribution in [3.8, 4) is 11.5 Å². The molecule has 1 amide bonds. The molecule has 0 atom stereocenters. The van der Waals surface area contributed by atoms with Crippen molar-refractivity contribution in [2.75, 3.05) is 33.2 Å². The van der Waals surface area contributed by atoms with Crippen LogP contribution in [0.5, 0.6) is 11.5 Å². The van der Waals surface area contributed by atoms with E-state index in [1.54, 1.807) is 24.1 Å². The molecule has 16 heavy (non-hydrogen) atoms. The first-order chi connectivity index (χ1) is 7.51. The molecule has 5 nitrogen and oxygen atoms in total. The lowest BCUT2D eigenvalue weighted by atomic mass is 10.1. The molecule has 0 saturated heterocycles. The average molecular weight is 224 g/mol. The van der Waals surface area contributed by atoms with Crippen LogP contribution in [0.3, 0.4) is 0 Å². The van der Waals surface area contributed by atoms with E-state index in [9.17, 15) is 4.79 Å². The fourth-order valence-corrected chi connectivity index (χ4v) is 1.44. The van der Waals surface area contributed by atoms with Crippen molar-refractivity contribution in [3.63, 3.8) is 0 Å². The Kier molecular flexibility index (Phi) is 3.60. The molecule has 1 aromatic rings. The highest BCUT2D eigenvalue weighted by atomic mass is 16.5. The minimum atomic E-state index is -0.496. The van der Waals surface area contributed by atoms with Gasteiger partial charge in [0, 0.05) is 20.2 Å². The number of ether oxygens (including phenoxy) is 2. The van der Waals surface area contributed by atoms with Crippen LogP contribution >= 0.6 is 0 Å². The molecule has 0 saturated carbocycles. The van der Waals surface area contributed by atoms with Crippen LogP contribution in [0.4, 0.5) is 5.69 Å². The lowest BCUT2D eigenvalue weighted by molar-refractivity contribution is 0.100. The maximum atomic E-state index is 11.3. The molecular weight excluding hydrogens is 208 g/mol. The molecule has 1 aromatic carbocycles. The summed E-state index contributed by atoms with van der Waals surface area (Å²) in [7, 11) is 6.71. The van der Waals surface area contributed by atoms with Crippen LogP contribution in [0.2, 0.25) is 0 Å². The van der Waals surface area contributed by atoms with E-state index in [2.05, 4.69) is 0 Å². The molecule has 0 radical (unpaired) electrons. The minimum absolute atomic E-state index is 0.405. The SMILES string of the molecule is COc1cc(C(N)=O)c(N(C)C)cc1OC. The summed E-state index contributed by atoms with van der Waals surface area (Å²) >= 11 is 0. The summed E-state index contributed by atoms with van der Waals surface area (Å²) in [6, 6.07) is 3.30. The number of primary amides is 1. The van der Waals surface area contributed by atoms with Crippen LogP contribution in [0.25, 0.3) is 0 Å². The summed E-state index contributed by atoms with van der Waals surface area (Å²) in [4.78, 5) is 13.1. The number of nitrogens with zero attached hydrogens (tertiary/aromatic N) is 1. The van der Waals surface area contributed by atoms with E-state index < -0.39 is 5.91 Å². The Balaban J connectivity index is 3.41. The van der Waals surface area contributed by atoms with E-state index in [1.165, 1.54) is 7.11 Å². The summed E-state index contributed by atoms with van der Waals surface area (Å²) in [5.41, 5.74) is 6.41. The zero-order valence-electron chi connectivity index (χ0n) is 9.90. The summed E-state index contributed by atoms with van der Waals surface area (Å²) in [6.45, 7) is 0. The summed E-state index contributed by atoms with van der Waals surface area (Å²) in [5, 5.41) is 0. The Morgan fingerprint density at radius 2 is 1.69 bits per heavy atom. The van der Waals surface area contributed by atoms with Crippen molar-refractivity contribution in [3.05, 3.63) is 17.7 Å². The Bertz CT molecular complexity index is 402. The van der Waals surface area contributed by atoms with Crippen LogP contribution in [0, 0.1) is 0 Å². The summed E-state index contributed by atoms with van der Waals surface area (Å²) in [6.07, 6.45) is 0. The molecule has 0 heterocycles. The van der Waals surface area contributed by atoms with E-state index in [-0.39, 0.29) is 0 Å². The maximum absolute atomic E-state index is 11.3. The second-order valence-corrected chi connectivity index (χ2v) is 3.48. The molecule has 0 unspecified atom stereocenters. The van der Waals surface area contributed by atoms with Crippen molar-refractivity contribution < 1.29 is 14.3 Å². The van der Waals surface area contributed by atoms with Gasteiger partial charge >= 0.3 is 0 Å². The number of hydrogen-bond donors (Lipinski definition) is 1. The third-order valence-corrected chi connectivity index (χ3v) is 2.25. The fourth-order valence-electron chi connectivity index (χ4n) is 1.44. The van der Waals surface area contributed by atoms with Gasteiger partial charge in [0.15, 0.2) is 11.5 Å². The van der Waals surface area contributed by atoms with Gasteiger partial charge in [-0.1, -0.05) is 0 Å². The second kappa shape index (κ2) is 4.74. The molecule has 0 aliphatic heterocycles. The molecule has 0 aliphatic carbocycles. The molecule has 5 heteroatoms. The number of nitrogens with two attached hydrogens (primary N) is 1. The number of hydrogen-bond acceptors (Lipinski definition) is 4. The van der Waals surface area contributed by atoms with Crippen LogP contribution < -0.4 is 20.1 Å². The first-order valence-electron chi connectivity index (χ1n) is 4.74. The van der Waals surface area contributed by atoms with Gasteiger partial charge in [-0.2, -0.15) is 0 Å². The fraction of sp³-hybridized carbons (Fsp3) is 0.364. The standard InChI is InChI=1S/C11H16N2O3/c1-13(2)8-6-10(16-4)9(15-3)5-7(8)11(12)14/h5-6H,1-4H3,(H2,12,14). The van der Waals surface area contributed by atoms with E-state index in [1.807, 2.05) is 14.1 Å². The minimum Gasteiger partial charge on any atom is -0.493 e. The Morgan fingerprint density at radius 3 is 2.06 bits per heavy atom. The van der Waals surface area contributed by atoms with Crippen molar-refractivity contribution in [2.24, 2.45) is 5.73 Å². The largest absolute Gasteiger partial charge is 0.493 e. The lowest BCUT2D eigenvalue weighted by Crippen LogP contribution is -2.18. The number of benzene rings is 1. The van der Waals surface area contributed by atoms with Gasteiger partial charge in [-0.3, -0.25) is 4.79 Å². The molecule has 1 rings (SSSR count). The van der Waals surface area contributed by atoms with Crippen LogP contribution in [-0.2, 0) is 0 Å². The number of carbonyl (C=O) groups excluding carboxylic acids is 1. The molecule has 2 N–H and O–H groups in total. The van der Waals surface area contributed by atoms with Crippen molar-refractivity contribution in [2.45, 2.75) is 0 Å². The monoisotopic (exact) mass is 224 g/mol. The third kappa shape index (κ3) is 2.18. The van der Waals surface area contributed by atoms with E-state index in [4.69, 9.17) is 15.2 Å². The molecule has 0 fully saturated rings. The highest BCUT2D eigenvalue weighted by Gasteiger charge is 2.15. The van der Waals surface area contributed by atoms with Crippen molar-refractivity contribution in [1.29, 1.82) is 0 Å². The molecular formula is C11H16N2O3. The van der Waals surface area contributed by atoms with Gasteiger partial charge < -0.3 is 20.1 Å². The predicted octanol–water partition coefficient (Wildman–Crippen LogP) is 0.869. The molecule has 0 aliphatic rings. The van der Waals surface area contributed by atoms with Crippen LogP contribution in [0.15, 0.2) is 12.1 Å². The van der Waals surface area contributed by atoms with Gasteiger partial charge in [-0.15, -0.1) is 0 Å². The van der Waals surface area contributed by atoms with Gasteiger partial charge in [-0.25, -0.2) is 0 Å². The lowest BCUT2D eigenvalue weighted by Gasteiger charge is -2.18. The number of amides is 1. The van der Waals surface area contributed by atoms with Crippen LogP contribution in [-0.4, -0.2) is 34.2 Å². The van der Waals surface area contributed by atoms with E-state index in [0.717, 1.165) is 0 Å². The number of rotatable bonds is 4. The molecule has 0 spiro atoms. The second-order valence-electron chi connectivity index (χ2n) is 3.48. The third-order valence-electron chi connectivity index (χ3n) is 2.25. The summed E-state index contributed by atoms with van der Waals surface area (Å²) in [5.74, 6) is 0.558. The topological polar surface area (TPSA) is 64.8 Å². The number of carbonyl (C=O) groups is 1. The number of anilines is 1. The quantitative estimate of drug-likeness (QED) is 0.824. The normalized spacial score (nSPS) is 9.75. The van der Waals surface area contributed by atoms with Gasteiger partial charge in [-0.05, 0) is 6.07 Å².